The number of morpholine rings is 1. The molecule has 24 heavy (non-hydrogen) atoms. The molecular formula is C18H26Cl2N2O2. The molecule has 2 saturated heterocycles. The van der Waals surface area contributed by atoms with Gasteiger partial charge in [-0.3, -0.25) is 9.80 Å². The van der Waals surface area contributed by atoms with Crippen LogP contribution < -0.4 is 4.74 Å². The van der Waals surface area contributed by atoms with Crippen LogP contribution in [-0.4, -0.2) is 62.8 Å². The average molecular weight is 373 g/mol. The van der Waals surface area contributed by atoms with E-state index in [9.17, 15) is 0 Å². The molecule has 2 aliphatic rings. The Morgan fingerprint density at radius 3 is 2.71 bits per heavy atom. The molecular weight excluding hydrogens is 347 g/mol. The van der Waals surface area contributed by atoms with E-state index in [1.807, 2.05) is 6.07 Å². The molecule has 0 spiro atoms. The van der Waals surface area contributed by atoms with Crippen LogP contribution in [0, 0.1) is 5.92 Å². The topological polar surface area (TPSA) is 24.9 Å². The summed E-state index contributed by atoms with van der Waals surface area (Å²) in [5.74, 6) is 1.47. The van der Waals surface area contributed by atoms with Crippen molar-refractivity contribution in [2.75, 3.05) is 53.0 Å². The highest BCUT2D eigenvalue weighted by Gasteiger charge is 2.24. The van der Waals surface area contributed by atoms with Gasteiger partial charge in [0.1, 0.15) is 5.75 Å². The smallest absolute Gasteiger partial charge is 0.142 e. The first-order valence-corrected chi connectivity index (χ1v) is 9.45. The van der Waals surface area contributed by atoms with Crippen LogP contribution in [0.4, 0.5) is 0 Å². The molecule has 6 heteroatoms. The number of hydrogen-bond donors (Lipinski definition) is 0. The zero-order chi connectivity index (χ0) is 16.9. The maximum absolute atomic E-state index is 6.26. The van der Waals surface area contributed by atoms with E-state index in [1.165, 1.54) is 19.4 Å². The van der Waals surface area contributed by atoms with Crippen molar-refractivity contribution < 1.29 is 9.47 Å². The van der Waals surface area contributed by atoms with E-state index in [-0.39, 0.29) is 0 Å². The largest absolute Gasteiger partial charge is 0.495 e. The van der Waals surface area contributed by atoms with Gasteiger partial charge in [-0.1, -0.05) is 23.2 Å². The van der Waals surface area contributed by atoms with Gasteiger partial charge >= 0.3 is 0 Å². The molecule has 0 unspecified atom stereocenters. The molecule has 0 bridgehead atoms. The first-order chi connectivity index (χ1) is 11.7. The Hall–Kier alpha value is -0.520. The van der Waals surface area contributed by atoms with Crippen LogP contribution in [0.1, 0.15) is 18.4 Å². The van der Waals surface area contributed by atoms with Gasteiger partial charge in [0.15, 0.2) is 0 Å². The molecule has 134 valence electrons. The lowest BCUT2D eigenvalue weighted by Gasteiger charge is -2.37. The Morgan fingerprint density at radius 2 is 1.96 bits per heavy atom. The van der Waals surface area contributed by atoms with Crippen LogP contribution in [-0.2, 0) is 11.3 Å². The van der Waals surface area contributed by atoms with Gasteiger partial charge in [-0.15, -0.1) is 0 Å². The minimum absolute atomic E-state index is 0.585. The molecule has 1 atom stereocenters. The summed E-state index contributed by atoms with van der Waals surface area (Å²) < 4.78 is 10.9. The molecule has 3 rings (SSSR count). The lowest BCUT2D eigenvalue weighted by Crippen LogP contribution is -2.44. The summed E-state index contributed by atoms with van der Waals surface area (Å²) in [7, 11) is 1.66. The van der Waals surface area contributed by atoms with Crippen molar-refractivity contribution in [3.8, 4) is 5.75 Å². The molecule has 2 aliphatic heterocycles. The normalized spacial score (nSPS) is 23.4. The first-order valence-electron chi connectivity index (χ1n) is 8.70. The minimum atomic E-state index is 0.585. The van der Waals surface area contributed by atoms with Gasteiger partial charge in [0, 0.05) is 43.3 Å². The van der Waals surface area contributed by atoms with E-state index in [2.05, 4.69) is 9.80 Å². The minimum Gasteiger partial charge on any atom is -0.495 e. The number of rotatable bonds is 5. The van der Waals surface area contributed by atoms with Gasteiger partial charge in [0.05, 0.1) is 25.3 Å². The van der Waals surface area contributed by atoms with Gasteiger partial charge in [0.25, 0.3) is 0 Å². The van der Waals surface area contributed by atoms with Crippen LogP contribution in [0.25, 0.3) is 0 Å². The predicted molar refractivity (Wildman–Crippen MR) is 98.3 cm³/mol. The highest BCUT2D eigenvalue weighted by Crippen LogP contribution is 2.33. The highest BCUT2D eigenvalue weighted by molar-refractivity contribution is 6.35. The molecule has 0 radical (unpaired) electrons. The second kappa shape index (κ2) is 8.72. The van der Waals surface area contributed by atoms with Crippen molar-refractivity contribution in [2.24, 2.45) is 5.92 Å². The van der Waals surface area contributed by atoms with E-state index >= 15 is 0 Å². The molecule has 2 heterocycles. The third-order valence-corrected chi connectivity index (χ3v) is 5.41. The summed E-state index contributed by atoms with van der Waals surface area (Å²) in [5.41, 5.74) is 1.07. The molecule has 0 saturated carbocycles. The molecule has 1 aromatic carbocycles. The van der Waals surface area contributed by atoms with Crippen LogP contribution >= 0.6 is 23.2 Å². The van der Waals surface area contributed by atoms with E-state index in [1.54, 1.807) is 13.2 Å². The number of benzene rings is 1. The highest BCUT2D eigenvalue weighted by atomic mass is 35.5. The third-order valence-electron chi connectivity index (χ3n) is 4.91. The lowest BCUT2D eigenvalue weighted by atomic mass is 9.96. The van der Waals surface area contributed by atoms with Crippen molar-refractivity contribution in [3.05, 3.63) is 27.7 Å². The molecule has 1 aromatic rings. The van der Waals surface area contributed by atoms with Gasteiger partial charge in [-0.05, 0) is 37.4 Å². The summed E-state index contributed by atoms with van der Waals surface area (Å²) in [4.78, 5) is 5.04. The van der Waals surface area contributed by atoms with E-state index in [0.29, 0.717) is 10.0 Å². The number of piperidine rings is 1. The van der Waals surface area contributed by atoms with Crippen molar-refractivity contribution in [2.45, 2.75) is 19.4 Å². The fourth-order valence-electron chi connectivity index (χ4n) is 3.79. The first kappa shape index (κ1) is 18.3. The summed E-state index contributed by atoms with van der Waals surface area (Å²) in [6.45, 7) is 8.11. The van der Waals surface area contributed by atoms with Crippen LogP contribution in [0.15, 0.2) is 12.1 Å². The predicted octanol–water partition coefficient (Wildman–Crippen LogP) is 3.55. The zero-order valence-electron chi connectivity index (χ0n) is 14.3. The third kappa shape index (κ3) is 4.77. The number of ether oxygens (including phenoxy) is 2. The van der Waals surface area contributed by atoms with Crippen LogP contribution in [0.3, 0.4) is 0 Å². The Bertz CT molecular complexity index is 550. The Morgan fingerprint density at radius 1 is 1.17 bits per heavy atom. The maximum atomic E-state index is 6.26. The summed E-state index contributed by atoms with van der Waals surface area (Å²) in [6.07, 6.45) is 2.55. The van der Waals surface area contributed by atoms with E-state index < -0.39 is 0 Å². The Kier molecular flexibility index (Phi) is 6.64. The second-order valence-electron chi connectivity index (χ2n) is 6.74. The number of halogens is 2. The van der Waals surface area contributed by atoms with Crippen LogP contribution in [0.2, 0.25) is 10.0 Å². The van der Waals surface area contributed by atoms with Gasteiger partial charge in [-0.2, -0.15) is 0 Å². The lowest BCUT2D eigenvalue weighted by molar-refractivity contribution is 0.0224. The monoisotopic (exact) mass is 372 g/mol. The second-order valence-corrected chi connectivity index (χ2v) is 7.58. The van der Waals surface area contributed by atoms with Crippen LogP contribution in [0.5, 0.6) is 5.75 Å². The molecule has 0 aromatic heterocycles. The van der Waals surface area contributed by atoms with Gasteiger partial charge in [0.2, 0.25) is 0 Å². The number of nitrogens with zero attached hydrogens (tertiary/aromatic N) is 2. The van der Waals surface area contributed by atoms with Crippen molar-refractivity contribution in [3.63, 3.8) is 0 Å². The average Bonchev–Trinajstić information content (AvgIpc) is 2.56. The molecule has 0 aliphatic carbocycles. The Balaban J connectivity index is 1.61. The van der Waals surface area contributed by atoms with E-state index in [4.69, 9.17) is 32.7 Å². The summed E-state index contributed by atoms with van der Waals surface area (Å²) in [5, 5.41) is 1.25. The molecule has 2 fully saturated rings. The maximum Gasteiger partial charge on any atom is 0.142 e. The van der Waals surface area contributed by atoms with E-state index in [0.717, 1.165) is 63.2 Å². The number of methoxy groups -OCH3 is 1. The SMILES string of the molecule is COc1c(Cl)cc(Cl)cc1CN1CCC[C@H](CN2CCOCC2)C1. The van der Waals surface area contributed by atoms with Crippen molar-refractivity contribution in [1.82, 2.24) is 9.80 Å². The fourth-order valence-corrected chi connectivity index (χ4v) is 4.41. The molecule has 0 N–H and O–H groups in total. The van der Waals surface area contributed by atoms with Gasteiger partial charge < -0.3 is 9.47 Å². The van der Waals surface area contributed by atoms with Crippen molar-refractivity contribution >= 4 is 23.2 Å². The molecule has 0 amide bonds. The van der Waals surface area contributed by atoms with Gasteiger partial charge in [-0.25, -0.2) is 0 Å². The fraction of sp³-hybridized carbons (Fsp3) is 0.667. The zero-order valence-corrected chi connectivity index (χ0v) is 15.8. The number of likely N-dealkylation sites (tertiary alicyclic amines) is 1. The van der Waals surface area contributed by atoms with Crippen molar-refractivity contribution in [1.29, 1.82) is 0 Å². The molecule has 4 nitrogen and oxygen atoms in total. The number of hydrogen-bond acceptors (Lipinski definition) is 4. The Labute approximate surface area is 154 Å². The summed E-state index contributed by atoms with van der Waals surface area (Å²) in [6, 6.07) is 3.71. The summed E-state index contributed by atoms with van der Waals surface area (Å²) >= 11 is 12.4. The standard InChI is InChI=1S/C18H26Cl2N2O2/c1-23-18-15(9-16(19)10-17(18)20)13-22-4-2-3-14(12-22)11-21-5-7-24-8-6-21/h9-10,14H,2-8,11-13H2,1H3/t14-/m1/s1. The quantitative estimate of drug-likeness (QED) is 0.788.